The molecule has 0 bridgehead atoms. The lowest BCUT2D eigenvalue weighted by molar-refractivity contribution is -0.118. The molecule has 4 heteroatoms. The van der Waals surface area contributed by atoms with Gasteiger partial charge < -0.3 is 10.6 Å². The maximum Gasteiger partial charge on any atom is 0.226 e. The number of nitrogens with zero attached hydrogens (tertiary/aromatic N) is 1. The molecule has 0 atom stereocenters. The number of amides is 1. The predicted octanol–water partition coefficient (Wildman–Crippen LogP) is 2.08. The Kier molecular flexibility index (Phi) is 4.43. The van der Waals surface area contributed by atoms with Crippen molar-refractivity contribution in [2.75, 3.05) is 11.9 Å². The molecule has 2 N–H and O–H groups in total. The van der Waals surface area contributed by atoms with E-state index in [4.69, 9.17) is 18.0 Å². The van der Waals surface area contributed by atoms with Gasteiger partial charge in [0, 0.05) is 24.7 Å². The maximum absolute atomic E-state index is 11.7. The fourth-order valence-corrected chi connectivity index (χ4v) is 1.52. The standard InChI is InChI=1S/C12H16N2OS/c1-3-5-11(15)14(2)10-7-4-6-9(8-10)12(13)16/h4,6-8H,3,5H2,1-2H3,(H2,13,16). The molecule has 16 heavy (non-hydrogen) atoms. The van der Waals surface area contributed by atoms with Crippen molar-refractivity contribution in [3.05, 3.63) is 29.8 Å². The molecule has 0 heterocycles. The van der Waals surface area contributed by atoms with Crippen molar-refractivity contribution in [2.45, 2.75) is 19.8 Å². The van der Waals surface area contributed by atoms with E-state index in [-0.39, 0.29) is 5.91 Å². The third-order valence-corrected chi connectivity index (χ3v) is 2.59. The van der Waals surface area contributed by atoms with Gasteiger partial charge in [-0.15, -0.1) is 0 Å². The first kappa shape index (κ1) is 12.6. The van der Waals surface area contributed by atoms with E-state index in [9.17, 15) is 4.79 Å². The SMILES string of the molecule is CCCC(=O)N(C)c1cccc(C(N)=S)c1. The molecule has 1 aromatic rings. The summed E-state index contributed by atoms with van der Waals surface area (Å²) in [6.07, 6.45) is 1.39. The maximum atomic E-state index is 11.7. The fourth-order valence-electron chi connectivity index (χ4n) is 1.39. The summed E-state index contributed by atoms with van der Waals surface area (Å²) in [5.74, 6) is 0.0996. The Labute approximate surface area is 101 Å². The van der Waals surface area contributed by atoms with Crippen molar-refractivity contribution < 1.29 is 4.79 Å². The molecule has 0 aliphatic rings. The number of nitrogens with two attached hydrogens (primary N) is 1. The first-order valence-corrected chi connectivity index (χ1v) is 5.63. The first-order chi connectivity index (χ1) is 7.56. The Bertz CT molecular complexity index is 404. The lowest BCUT2D eigenvalue weighted by Gasteiger charge is -2.17. The van der Waals surface area contributed by atoms with Crippen molar-refractivity contribution in [1.29, 1.82) is 0 Å². The van der Waals surface area contributed by atoms with Crippen LogP contribution >= 0.6 is 12.2 Å². The van der Waals surface area contributed by atoms with Crippen LogP contribution in [0.3, 0.4) is 0 Å². The zero-order chi connectivity index (χ0) is 12.1. The normalized spacial score (nSPS) is 9.88. The van der Waals surface area contributed by atoms with Crippen molar-refractivity contribution in [1.82, 2.24) is 0 Å². The van der Waals surface area contributed by atoms with Crippen LogP contribution in [0.4, 0.5) is 5.69 Å². The highest BCUT2D eigenvalue weighted by Crippen LogP contribution is 2.16. The molecule has 0 aliphatic heterocycles. The van der Waals surface area contributed by atoms with Crippen molar-refractivity contribution in [3.63, 3.8) is 0 Å². The number of rotatable bonds is 4. The second-order valence-electron chi connectivity index (χ2n) is 3.62. The topological polar surface area (TPSA) is 46.3 Å². The minimum Gasteiger partial charge on any atom is -0.389 e. The van der Waals surface area contributed by atoms with Gasteiger partial charge in [0.2, 0.25) is 5.91 Å². The minimum absolute atomic E-state index is 0.0996. The summed E-state index contributed by atoms with van der Waals surface area (Å²) in [5, 5.41) is 0. The van der Waals surface area contributed by atoms with Gasteiger partial charge in [-0.25, -0.2) is 0 Å². The molecule has 86 valence electrons. The predicted molar refractivity (Wildman–Crippen MR) is 70.6 cm³/mol. The van der Waals surface area contributed by atoms with E-state index < -0.39 is 0 Å². The van der Waals surface area contributed by atoms with E-state index in [2.05, 4.69) is 0 Å². The molecule has 0 saturated heterocycles. The van der Waals surface area contributed by atoms with E-state index in [1.54, 1.807) is 11.9 Å². The Morgan fingerprint density at radius 1 is 1.50 bits per heavy atom. The van der Waals surface area contributed by atoms with Gasteiger partial charge in [0.25, 0.3) is 0 Å². The fraction of sp³-hybridized carbons (Fsp3) is 0.333. The highest BCUT2D eigenvalue weighted by atomic mass is 32.1. The Morgan fingerprint density at radius 3 is 2.75 bits per heavy atom. The van der Waals surface area contributed by atoms with Crippen LogP contribution in [0.1, 0.15) is 25.3 Å². The first-order valence-electron chi connectivity index (χ1n) is 5.22. The molecule has 0 saturated carbocycles. The van der Waals surface area contributed by atoms with Gasteiger partial charge in [-0.05, 0) is 18.6 Å². The lowest BCUT2D eigenvalue weighted by Crippen LogP contribution is -2.26. The van der Waals surface area contributed by atoms with Gasteiger partial charge in [0.15, 0.2) is 0 Å². The second-order valence-corrected chi connectivity index (χ2v) is 4.06. The van der Waals surface area contributed by atoms with Crippen molar-refractivity contribution >= 4 is 28.8 Å². The molecular formula is C12H16N2OS. The average Bonchev–Trinajstić information content (AvgIpc) is 2.28. The molecule has 1 amide bonds. The Balaban J connectivity index is 2.91. The zero-order valence-electron chi connectivity index (χ0n) is 9.56. The molecule has 0 aromatic heterocycles. The average molecular weight is 236 g/mol. The molecule has 0 radical (unpaired) electrons. The summed E-state index contributed by atoms with van der Waals surface area (Å²) in [6, 6.07) is 7.38. The van der Waals surface area contributed by atoms with Crippen molar-refractivity contribution in [2.24, 2.45) is 5.73 Å². The van der Waals surface area contributed by atoms with Crippen LogP contribution in [-0.2, 0) is 4.79 Å². The van der Waals surface area contributed by atoms with Crippen LogP contribution in [0.15, 0.2) is 24.3 Å². The number of hydrogen-bond donors (Lipinski definition) is 1. The van der Waals surface area contributed by atoms with E-state index in [1.807, 2.05) is 31.2 Å². The number of benzene rings is 1. The number of thiocarbonyl (C=S) groups is 1. The third kappa shape index (κ3) is 3.03. The van der Waals surface area contributed by atoms with Gasteiger partial charge in [0.05, 0.1) is 0 Å². The van der Waals surface area contributed by atoms with E-state index in [1.165, 1.54) is 0 Å². The molecule has 1 rings (SSSR count). The zero-order valence-corrected chi connectivity index (χ0v) is 10.4. The van der Waals surface area contributed by atoms with Gasteiger partial charge in [-0.1, -0.05) is 31.3 Å². The number of carbonyl (C=O) groups excluding carboxylic acids is 1. The summed E-state index contributed by atoms with van der Waals surface area (Å²) in [7, 11) is 1.76. The van der Waals surface area contributed by atoms with Gasteiger partial charge in [0.1, 0.15) is 4.99 Å². The molecule has 1 aromatic carbocycles. The van der Waals surface area contributed by atoms with Crippen molar-refractivity contribution in [3.8, 4) is 0 Å². The monoisotopic (exact) mass is 236 g/mol. The van der Waals surface area contributed by atoms with Crippen LogP contribution in [-0.4, -0.2) is 17.9 Å². The molecule has 0 aliphatic carbocycles. The van der Waals surface area contributed by atoms with Gasteiger partial charge >= 0.3 is 0 Å². The molecule has 3 nitrogen and oxygen atoms in total. The summed E-state index contributed by atoms with van der Waals surface area (Å²) in [6.45, 7) is 1.98. The Morgan fingerprint density at radius 2 is 2.19 bits per heavy atom. The van der Waals surface area contributed by atoms with Gasteiger partial charge in [-0.3, -0.25) is 4.79 Å². The smallest absolute Gasteiger partial charge is 0.226 e. The summed E-state index contributed by atoms with van der Waals surface area (Å²) < 4.78 is 0. The largest absolute Gasteiger partial charge is 0.389 e. The number of hydrogen-bond acceptors (Lipinski definition) is 2. The molecular weight excluding hydrogens is 220 g/mol. The molecule has 0 spiro atoms. The van der Waals surface area contributed by atoms with Crippen LogP contribution in [0.25, 0.3) is 0 Å². The molecule has 0 fully saturated rings. The summed E-state index contributed by atoms with van der Waals surface area (Å²) >= 11 is 4.90. The highest BCUT2D eigenvalue weighted by molar-refractivity contribution is 7.80. The number of carbonyl (C=O) groups is 1. The van der Waals surface area contributed by atoms with Gasteiger partial charge in [-0.2, -0.15) is 0 Å². The minimum atomic E-state index is 0.0996. The van der Waals surface area contributed by atoms with Crippen LogP contribution in [0.2, 0.25) is 0 Å². The van der Waals surface area contributed by atoms with E-state index in [0.717, 1.165) is 17.7 Å². The van der Waals surface area contributed by atoms with E-state index >= 15 is 0 Å². The lowest BCUT2D eigenvalue weighted by atomic mass is 10.2. The summed E-state index contributed by atoms with van der Waals surface area (Å²) in [4.78, 5) is 13.7. The quantitative estimate of drug-likeness (QED) is 0.814. The Hall–Kier alpha value is -1.42. The van der Waals surface area contributed by atoms with Crippen LogP contribution in [0.5, 0.6) is 0 Å². The highest BCUT2D eigenvalue weighted by Gasteiger charge is 2.10. The summed E-state index contributed by atoms with van der Waals surface area (Å²) in [5.41, 5.74) is 7.15. The third-order valence-electron chi connectivity index (χ3n) is 2.36. The second kappa shape index (κ2) is 5.61. The van der Waals surface area contributed by atoms with E-state index in [0.29, 0.717) is 11.4 Å². The number of anilines is 1. The van der Waals surface area contributed by atoms with Crippen LogP contribution < -0.4 is 10.6 Å². The molecule has 0 unspecified atom stereocenters. The van der Waals surface area contributed by atoms with Crippen LogP contribution in [0, 0.1) is 0 Å².